The first-order valence-electron chi connectivity index (χ1n) is 14.4. The first-order valence-corrected chi connectivity index (χ1v) is 14.4. The lowest BCUT2D eigenvalue weighted by atomic mass is 9.94. The number of rotatable bonds is 9. The van der Waals surface area contributed by atoms with Gasteiger partial charge in [0.15, 0.2) is 5.78 Å². The van der Waals surface area contributed by atoms with Gasteiger partial charge in [0.2, 0.25) is 17.6 Å². The van der Waals surface area contributed by atoms with Crippen LogP contribution in [0.3, 0.4) is 0 Å². The summed E-state index contributed by atoms with van der Waals surface area (Å²) in [5, 5.41) is 2.06. The highest BCUT2D eigenvalue weighted by molar-refractivity contribution is 5.94. The normalized spacial score (nSPS) is 15.9. The van der Waals surface area contributed by atoms with E-state index in [1.807, 2.05) is 13.0 Å². The molecule has 0 fully saturated rings. The Balaban J connectivity index is 1.56. The zero-order chi connectivity index (χ0) is 33.9. The number of halogens is 3. The van der Waals surface area contributed by atoms with Gasteiger partial charge >= 0.3 is 11.9 Å². The Morgan fingerprint density at radius 1 is 1.09 bits per heavy atom. The van der Waals surface area contributed by atoms with Gasteiger partial charge in [-0.3, -0.25) is 34.0 Å². The predicted octanol–water partition coefficient (Wildman–Crippen LogP) is 2.53. The van der Waals surface area contributed by atoms with Crippen molar-refractivity contribution in [3.63, 3.8) is 0 Å². The topological polar surface area (TPSA) is 162 Å². The van der Waals surface area contributed by atoms with Crippen molar-refractivity contribution in [2.24, 2.45) is 13.0 Å². The van der Waals surface area contributed by atoms with E-state index in [9.17, 15) is 37.1 Å². The molecule has 2 unspecified atom stereocenters. The highest BCUT2D eigenvalue weighted by Gasteiger charge is 2.35. The molecule has 3 aromatic heterocycles. The fourth-order valence-electron chi connectivity index (χ4n) is 5.31. The van der Waals surface area contributed by atoms with Crippen molar-refractivity contribution >= 4 is 23.3 Å². The number of carbonyl (C=O) groups excluding carboxylic acids is 3. The van der Waals surface area contributed by atoms with Crippen LogP contribution in [0.4, 0.5) is 18.9 Å². The van der Waals surface area contributed by atoms with Crippen LogP contribution >= 0.6 is 0 Å². The SMILES string of the molecule is CC(=O)NC(=O)Cn1c(=O)c2c(n(C)c1=O)C(C)CC=CN2[C@@H](C)C(=O)C(C)CCc1cncc(-c2cnc(C(F)(F)F)nc2)n1. The number of hydrogen-bond acceptors (Lipinski definition) is 10. The van der Waals surface area contributed by atoms with Crippen molar-refractivity contribution < 1.29 is 27.6 Å². The molecule has 16 heteroatoms. The molecule has 0 radical (unpaired) electrons. The van der Waals surface area contributed by atoms with Crippen LogP contribution in [0.5, 0.6) is 0 Å². The quantitative estimate of drug-likeness (QED) is 0.367. The van der Waals surface area contributed by atoms with E-state index in [1.165, 1.54) is 28.9 Å². The molecule has 0 saturated heterocycles. The fourth-order valence-corrected chi connectivity index (χ4v) is 5.31. The molecule has 0 saturated carbocycles. The molecule has 1 aliphatic heterocycles. The van der Waals surface area contributed by atoms with E-state index in [2.05, 4.69) is 25.3 Å². The number of amides is 2. The molecular weight excluding hydrogens is 609 g/mol. The minimum Gasteiger partial charge on any atom is -0.332 e. The van der Waals surface area contributed by atoms with Gasteiger partial charge in [-0.2, -0.15) is 13.2 Å². The Labute approximate surface area is 261 Å². The van der Waals surface area contributed by atoms with Crippen molar-refractivity contribution in [3.05, 3.63) is 75.1 Å². The molecule has 3 atom stereocenters. The van der Waals surface area contributed by atoms with Gasteiger partial charge in [0.25, 0.3) is 5.56 Å². The minimum absolute atomic E-state index is 0.0874. The lowest BCUT2D eigenvalue weighted by Gasteiger charge is -2.30. The third-order valence-corrected chi connectivity index (χ3v) is 7.70. The van der Waals surface area contributed by atoms with Crippen LogP contribution in [0.15, 0.2) is 46.7 Å². The monoisotopic (exact) mass is 642 g/mol. The van der Waals surface area contributed by atoms with Gasteiger partial charge in [-0.1, -0.05) is 19.9 Å². The van der Waals surface area contributed by atoms with Crippen molar-refractivity contribution in [1.29, 1.82) is 0 Å². The van der Waals surface area contributed by atoms with Crippen molar-refractivity contribution in [2.75, 3.05) is 4.90 Å². The first-order chi connectivity index (χ1) is 21.6. The molecule has 244 valence electrons. The molecule has 4 heterocycles. The highest BCUT2D eigenvalue weighted by atomic mass is 19.4. The van der Waals surface area contributed by atoms with E-state index in [0.717, 1.165) is 23.9 Å². The van der Waals surface area contributed by atoms with Crippen LogP contribution in [0.1, 0.15) is 63.7 Å². The van der Waals surface area contributed by atoms with Gasteiger partial charge in [-0.05, 0) is 26.2 Å². The summed E-state index contributed by atoms with van der Waals surface area (Å²) in [5.74, 6) is -3.72. The van der Waals surface area contributed by atoms with E-state index < -0.39 is 53.6 Å². The van der Waals surface area contributed by atoms with Crippen LogP contribution in [-0.2, 0) is 40.6 Å². The predicted molar refractivity (Wildman–Crippen MR) is 159 cm³/mol. The second kappa shape index (κ2) is 13.5. The average molecular weight is 643 g/mol. The largest absolute Gasteiger partial charge is 0.451 e. The number of aryl methyl sites for hydroxylation is 1. The Hall–Kier alpha value is -5.02. The summed E-state index contributed by atoms with van der Waals surface area (Å²) in [6, 6.07) is -0.846. The maximum absolute atomic E-state index is 13.8. The molecule has 1 N–H and O–H groups in total. The van der Waals surface area contributed by atoms with Crippen molar-refractivity contribution in [3.8, 4) is 11.3 Å². The molecule has 0 spiro atoms. The van der Waals surface area contributed by atoms with E-state index in [1.54, 1.807) is 20.0 Å². The third-order valence-electron chi connectivity index (χ3n) is 7.70. The molecule has 4 rings (SSSR count). The molecule has 3 aromatic rings. The van der Waals surface area contributed by atoms with Gasteiger partial charge in [-0.25, -0.2) is 24.3 Å². The maximum Gasteiger partial charge on any atom is 0.451 e. The van der Waals surface area contributed by atoms with Crippen LogP contribution < -0.4 is 21.5 Å². The number of hydrogen-bond donors (Lipinski definition) is 1. The number of fused-ring (bicyclic) bond motifs is 1. The van der Waals surface area contributed by atoms with Gasteiger partial charge in [0, 0.05) is 56.2 Å². The minimum atomic E-state index is -4.67. The fraction of sp³-hybridized carbons (Fsp3) is 0.433. The lowest BCUT2D eigenvalue weighted by molar-refractivity contribution is -0.145. The summed E-state index contributed by atoms with van der Waals surface area (Å²) in [6.45, 7) is 5.68. The average Bonchev–Trinajstić information content (AvgIpc) is 3.18. The first kappa shape index (κ1) is 33.9. The Morgan fingerprint density at radius 2 is 1.76 bits per heavy atom. The second-order valence-corrected chi connectivity index (χ2v) is 11.2. The molecule has 2 amide bonds. The molecule has 0 bridgehead atoms. The Morgan fingerprint density at radius 3 is 2.39 bits per heavy atom. The van der Waals surface area contributed by atoms with Gasteiger partial charge in [0.1, 0.15) is 12.2 Å². The van der Waals surface area contributed by atoms with Crippen LogP contribution in [-0.4, -0.2) is 52.7 Å². The van der Waals surface area contributed by atoms with E-state index in [0.29, 0.717) is 30.7 Å². The number of nitrogens with one attached hydrogen (secondary N) is 1. The Bertz CT molecular complexity index is 1800. The number of ketones is 1. The zero-order valence-corrected chi connectivity index (χ0v) is 25.8. The highest BCUT2D eigenvalue weighted by Crippen LogP contribution is 2.32. The number of anilines is 1. The molecular formula is C30H33F3N8O5. The van der Waals surface area contributed by atoms with Crippen LogP contribution in [0.2, 0.25) is 0 Å². The smallest absolute Gasteiger partial charge is 0.332 e. The number of imide groups is 1. The van der Waals surface area contributed by atoms with E-state index in [-0.39, 0.29) is 28.6 Å². The van der Waals surface area contributed by atoms with Crippen molar-refractivity contribution in [1.82, 2.24) is 34.4 Å². The maximum atomic E-state index is 13.8. The number of allylic oxidation sites excluding steroid dienone is 1. The molecule has 46 heavy (non-hydrogen) atoms. The van der Waals surface area contributed by atoms with Gasteiger partial charge in [-0.15, -0.1) is 0 Å². The summed E-state index contributed by atoms with van der Waals surface area (Å²) >= 11 is 0. The number of carbonyl (C=O) groups is 3. The summed E-state index contributed by atoms with van der Waals surface area (Å²) < 4.78 is 40.5. The molecule has 1 aliphatic rings. The summed E-state index contributed by atoms with van der Waals surface area (Å²) in [6.07, 6.45) is 4.82. The Kier molecular flexibility index (Phi) is 9.97. The molecule has 0 aliphatic carbocycles. The second-order valence-electron chi connectivity index (χ2n) is 11.2. The summed E-state index contributed by atoms with van der Waals surface area (Å²) in [4.78, 5) is 81.1. The van der Waals surface area contributed by atoms with E-state index >= 15 is 0 Å². The van der Waals surface area contributed by atoms with Crippen LogP contribution in [0.25, 0.3) is 11.3 Å². The molecule has 0 aromatic carbocycles. The van der Waals surface area contributed by atoms with Crippen LogP contribution in [0, 0.1) is 5.92 Å². The number of aromatic nitrogens is 6. The summed E-state index contributed by atoms with van der Waals surface area (Å²) in [7, 11) is 1.49. The van der Waals surface area contributed by atoms with Gasteiger partial charge < -0.3 is 4.90 Å². The lowest BCUT2D eigenvalue weighted by Crippen LogP contribution is -2.49. The molecule has 13 nitrogen and oxygen atoms in total. The number of Topliss-reactive ketones (excluding diaryl/α,β-unsaturated/α-hetero) is 1. The van der Waals surface area contributed by atoms with Crippen molar-refractivity contribution in [2.45, 2.75) is 71.6 Å². The number of alkyl halides is 3. The van der Waals surface area contributed by atoms with Gasteiger partial charge in [0.05, 0.1) is 29.3 Å². The van der Waals surface area contributed by atoms with E-state index in [4.69, 9.17) is 0 Å². The summed E-state index contributed by atoms with van der Waals surface area (Å²) in [5.41, 5.74) is 0.0358. The third kappa shape index (κ3) is 7.26. The number of nitrogens with zero attached hydrogens (tertiary/aromatic N) is 7. The zero-order valence-electron chi connectivity index (χ0n) is 25.8. The standard InChI is InChI=1S/C30H33F3N8O5/c1-16-7-6-10-40(25-24(16)39(5)29(46)41(27(25)45)15-23(43)37-19(4)42)18(3)26(44)17(2)8-9-21-13-34-14-22(38-21)20-11-35-28(36-12-20)30(31,32)33/h6,10-14,16-18H,7-9,15H2,1-5H3,(H,37,42,43)/t16?,17?,18-/m0/s1.